The van der Waals surface area contributed by atoms with Crippen LogP contribution in [0.3, 0.4) is 0 Å². The van der Waals surface area contributed by atoms with E-state index in [2.05, 4.69) is 40.9 Å². The van der Waals surface area contributed by atoms with Crippen LogP contribution in [-0.4, -0.2) is 48.7 Å². The quantitative estimate of drug-likeness (QED) is 0.664. The molecule has 1 amide bonds. The average molecular weight is 398 g/mol. The summed E-state index contributed by atoms with van der Waals surface area (Å²) in [6, 6.07) is 4.22. The summed E-state index contributed by atoms with van der Waals surface area (Å²) in [5.74, 6) is 0.147. The predicted octanol–water partition coefficient (Wildman–Crippen LogP) is 3.27. The first-order valence-corrected chi connectivity index (χ1v) is 10.4. The first-order chi connectivity index (χ1) is 13.4. The molecule has 1 saturated heterocycles. The molecule has 1 unspecified atom stereocenters. The number of aromatic nitrogens is 4. The topological polar surface area (TPSA) is 73.1 Å². The number of amides is 1. The Morgan fingerprint density at radius 1 is 1.39 bits per heavy atom. The lowest BCUT2D eigenvalue weighted by atomic mass is 9.96. The van der Waals surface area contributed by atoms with Gasteiger partial charge in [0.2, 0.25) is 5.91 Å². The lowest BCUT2D eigenvalue weighted by Gasteiger charge is -2.33. The average Bonchev–Trinajstić information content (AvgIpc) is 3.37. The van der Waals surface area contributed by atoms with Gasteiger partial charge in [-0.1, -0.05) is 0 Å². The summed E-state index contributed by atoms with van der Waals surface area (Å²) in [5.41, 5.74) is 3.71. The Kier molecular flexibility index (Phi) is 4.03. The highest BCUT2D eigenvalue weighted by Gasteiger charge is 2.39. The second kappa shape index (κ2) is 6.35. The molecular weight excluding hydrogens is 374 g/mol. The number of carbonyl (C=O) groups excluding carboxylic acids is 1. The van der Waals surface area contributed by atoms with Gasteiger partial charge in [-0.05, 0) is 50.9 Å². The SMILES string of the molecule is C[C@H]1CN(C(=O)C2COC(C)(C)C2)Cc2cc(-c3ccnc4cnsc34)nn21. The molecule has 0 spiro atoms. The Bertz CT molecular complexity index is 1060. The van der Waals surface area contributed by atoms with Gasteiger partial charge in [0, 0.05) is 18.3 Å². The largest absolute Gasteiger partial charge is 0.375 e. The van der Waals surface area contributed by atoms with Crippen molar-refractivity contribution >= 4 is 27.7 Å². The van der Waals surface area contributed by atoms with E-state index in [4.69, 9.17) is 9.84 Å². The number of pyridine rings is 1. The molecule has 0 saturated carbocycles. The summed E-state index contributed by atoms with van der Waals surface area (Å²) < 4.78 is 13.1. The van der Waals surface area contributed by atoms with Crippen molar-refractivity contribution in [2.45, 2.75) is 45.4 Å². The van der Waals surface area contributed by atoms with Gasteiger partial charge in [0.1, 0.15) is 5.52 Å². The van der Waals surface area contributed by atoms with Crippen molar-refractivity contribution in [3.05, 3.63) is 30.2 Å². The minimum Gasteiger partial charge on any atom is -0.375 e. The van der Waals surface area contributed by atoms with E-state index in [-0.39, 0.29) is 23.5 Å². The summed E-state index contributed by atoms with van der Waals surface area (Å²) >= 11 is 1.44. The van der Waals surface area contributed by atoms with Crippen molar-refractivity contribution in [3.8, 4) is 11.3 Å². The molecule has 2 aliphatic rings. The molecule has 0 aromatic carbocycles. The maximum Gasteiger partial charge on any atom is 0.228 e. The number of hydrogen-bond donors (Lipinski definition) is 0. The van der Waals surface area contributed by atoms with Crippen LogP contribution in [0.2, 0.25) is 0 Å². The predicted molar refractivity (Wildman–Crippen MR) is 107 cm³/mol. The van der Waals surface area contributed by atoms with Crippen LogP contribution in [0.4, 0.5) is 0 Å². The van der Waals surface area contributed by atoms with Gasteiger partial charge in [-0.2, -0.15) is 9.47 Å². The van der Waals surface area contributed by atoms with E-state index in [0.717, 1.165) is 33.6 Å². The van der Waals surface area contributed by atoms with Crippen LogP contribution >= 0.6 is 11.5 Å². The van der Waals surface area contributed by atoms with E-state index in [9.17, 15) is 4.79 Å². The minimum atomic E-state index is -0.210. The zero-order valence-electron chi connectivity index (χ0n) is 16.3. The van der Waals surface area contributed by atoms with Gasteiger partial charge in [-0.15, -0.1) is 0 Å². The molecule has 5 rings (SSSR count). The van der Waals surface area contributed by atoms with E-state index in [1.54, 1.807) is 12.4 Å². The van der Waals surface area contributed by atoms with Gasteiger partial charge in [-0.25, -0.2) is 0 Å². The molecule has 1 fully saturated rings. The highest BCUT2D eigenvalue weighted by Crippen LogP contribution is 2.34. The second-order valence-corrected chi connectivity index (χ2v) is 9.21. The Labute approximate surface area is 167 Å². The maximum absolute atomic E-state index is 13.1. The zero-order chi connectivity index (χ0) is 19.5. The Hall–Kier alpha value is -2.32. The van der Waals surface area contributed by atoms with Crippen molar-refractivity contribution < 1.29 is 9.53 Å². The molecule has 2 aliphatic heterocycles. The van der Waals surface area contributed by atoms with Gasteiger partial charge in [0.25, 0.3) is 0 Å². The van der Waals surface area contributed by atoms with Gasteiger partial charge >= 0.3 is 0 Å². The molecule has 28 heavy (non-hydrogen) atoms. The van der Waals surface area contributed by atoms with Gasteiger partial charge in [-0.3, -0.25) is 14.5 Å². The second-order valence-electron chi connectivity index (χ2n) is 8.40. The molecule has 7 nitrogen and oxygen atoms in total. The molecule has 5 heterocycles. The fraction of sp³-hybridized carbons (Fsp3) is 0.500. The first kappa shape index (κ1) is 17.8. The van der Waals surface area contributed by atoms with E-state index in [1.165, 1.54) is 11.5 Å². The van der Waals surface area contributed by atoms with E-state index < -0.39 is 0 Å². The van der Waals surface area contributed by atoms with Crippen LogP contribution in [0.15, 0.2) is 24.5 Å². The zero-order valence-corrected chi connectivity index (χ0v) is 17.1. The fourth-order valence-electron chi connectivity index (χ4n) is 4.33. The smallest absolute Gasteiger partial charge is 0.228 e. The highest BCUT2D eigenvalue weighted by atomic mass is 32.1. The van der Waals surface area contributed by atoms with Gasteiger partial charge in [0.15, 0.2) is 0 Å². The summed E-state index contributed by atoms with van der Waals surface area (Å²) in [6.07, 6.45) is 4.36. The Morgan fingerprint density at radius 2 is 2.25 bits per heavy atom. The van der Waals surface area contributed by atoms with E-state index >= 15 is 0 Å². The first-order valence-electron chi connectivity index (χ1n) is 9.62. The van der Waals surface area contributed by atoms with Crippen LogP contribution in [0.5, 0.6) is 0 Å². The third-order valence-electron chi connectivity index (χ3n) is 5.67. The standard InChI is InChI=1S/C20H23N5O2S/c1-12-9-24(19(26)13-7-20(2,3)27-11-13)10-14-6-16(23-25(12)14)15-4-5-21-17-8-22-28-18(15)17/h4-6,8,12-13H,7,9-11H2,1-3H3/t12-,13?/m0/s1. The lowest BCUT2D eigenvalue weighted by molar-refractivity contribution is -0.137. The van der Waals surface area contributed by atoms with Crippen molar-refractivity contribution in [1.82, 2.24) is 24.0 Å². The molecule has 2 atom stereocenters. The number of carbonyl (C=O) groups is 1. The third-order valence-corrected chi connectivity index (χ3v) is 6.49. The molecule has 8 heteroatoms. The van der Waals surface area contributed by atoms with Crippen LogP contribution in [-0.2, 0) is 16.1 Å². The van der Waals surface area contributed by atoms with Crippen LogP contribution < -0.4 is 0 Å². The van der Waals surface area contributed by atoms with Crippen LogP contribution in [0, 0.1) is 5.92 Å². The number of fused-ring (bicyclic) bond motifs is 2. The molecule has 146 valence electrons. The van der Waals surface area contributed by atoms with Crippen molar-refractivity contribution in [1.29, 1.82) is 0 Å². The fourth-order valence-corrected chi connectivity index (χ4v) is 5.05. The van der Waals surface area contributed by atoms with Crippen LogP contribution in [0.25, 0.3) is 21.5 Å². The number of rotatable bonds is 2. The summed E-state index contributed by atoms with van der Waals surface area (Å²) in [5, 5.41) is 4.85. The Balaban J connectivity index is 1.43. The molecule has 0 bridgehead atoms. The van der Waals surface area contributed by atoms with Crippen molar-refractivity contribution in [3.63, 3.8) is 0 Å². The summed E-state index contributed by atoms with van der Waals surface area (Å²) in [4.78, 5) is 19.4. The lowest BCUT2D eigenvalue weighted by Crippen LogP contribution is -2.43. The molecule has 3 aromatic rings. The van der Waals surface area contributed by atoms with Gasteiger partial charge < -0.3 is 9.64 Å². The number of nitrogens with zero attached hydrogens (tertiary/aromatic N) is 5. The number of hydrogen-bond acceptors (Lipinski definition) is 6. The molecule has 0 aliphatic carbocycles. The summed E-state index contributed by atoms with van der Waals surface area (Å²) in [6.45, 7) is 8.00. The van der Waals surface area contributed by atoms with E-state index in [0.29, 0.717) is 19.7 Å². The molecular formula is C20H23N5O2S. The molecule has 0 radical (unpaired) electrons. The van der Waals surface area contributed by atoms with Crippen molar-refractivity contribution in [2.24, 2.45) is 5.92 Å². The van der Waals surface area contributed by atoms with Crippen LogP contribution in [0.1, 0.15) is 38.9 Å². The monoisotopic (exact) mass is 397 g/mol. The highest BCUT2D eigenvalue weighted by molar-refractivity contribution is 7.13. The normalized spacial score (nSPS) is 23.9. The minimum absolute atomic E-state index is 0.0480. The molecule has 0 N–H and O–H groups in total. The van der Waals surface area contributed by atoms with Crippen molar-refractivity contribution in [2.75, 3.05) is 13.2 Å². The van der Waals surface area contributed by atoms with E-state index in [1.807, 2.05) is 11.0 Å². The number of ether oxygens (including phenoxy) is 1. The Morgan fingerprint density at radius 3 is 3.04 bits per heavy atom. The summed E-state index contributed by atoms with van der Waals surface area (Å²) in [7, 11) is 0. The third kappa shape index (κ3) is 2.91. The van der Waals surface area contributed by atoms with Gasteiger partial charge in [0.05, 0.1) is 53.0 Å². The molecule has 3 aromatic heterocycles. The maximum atomic E-state index is 13.1.